The molecular weight excluding hydrogens is 252 g/mol. The lowest BCUT2D eigenvalue weighted by atomic mass is 10.2. The minimum Gasteiger partial charge on any atom is -0.481 e. The Bertz CT molecular complexity index is 304. The van der Waals surface area contributed by atoms with Crippen molar-refractivity contribution < 1.29 is 24.2 Å². The van der Waals surface area contributed by atoms with E-state index in [0.717, 1.165) is 0 Å². The number of unbranched alkanes of at least 4 members (excludes halogenated alkanes) is 1. The lowest BCUT2D eigenvalue weighted by Gasteiger charge is -2.09. The molecule has 0 aromatic heterocycles. The Kier molecular flexibility index (Phi) is 9.42. The van der Waals surface area contributed by atoms with E-state index in [2.05, 4.69) is 10.6 Å². The SMILES string of the molecule is CC(C)OCCNC(=O)NC(=O)CCCCC(=O)O. The minimum atomic E-state index is -0.886. The number of carbonyl (C=O) groups is 3. The zero-order valence-electron chi connectivity index (χ0n) is 11.4. The fraction of sp³-hybridized carbons (Fsp3) is 0.750. The molecule has 3 N–H and O–H groups in total. The first kappa shape index (κ1) is 17.4. The molecule has 0 heterocycles. The molecule has 3 amide bonds. The number of rotatable bonds is 9. The second-order valence-electron chi connectivity index (χ2n) is 4.32. The van der Waals surface area contributed by atoms with Crippen LogP contribution in [0.4, 0.5) is 4.79 Å². The van der Waals surface area contributed by atoms with Crippen LogP contribution in [0.3, 0.4) is 0 Å². The van der Waals surface area contributed by atoms with E-state index in [1.54, 1.807) is 0 Å². The molecule has 0 atom stereocenters. The van der Waals surface area contributed by atoms with Gasteiger partial charge in [0.25, 0.3) is 0 Å². The third-order valence-corrected chi connectivity index (χ3v) is 2.14. The first-order chi connectivity index (χ1) is 8.91. The maximum absolute atomic E-state index is 11.3. The summed E-state index contributed by atoms with van der Waals surface area (Å²) in [5.74, 6) is -1.30. The maximum atomic E-state index is 11.3. The Morgan fingerprint density at radius 3 is 2.37 bits per heavy atom. The molecule has 110 valence electrons. The summed E-state index contributed by atoms with van der Waals surface area (Å²) in [6, 6.07) is -0.560. The monoisotopic (exact) mass is 274 g/mol. The van der Waals surface area contributed by atoms with Crippen LogP contribution in [0.5, 0.6) is 0 Å². The third kappa shape index (κ3) is 12.6. The minimum absolute atomic E-state index is 0.0337. The number of carboxylic acid groups (broad SMARTS) is 1. The summed E-state index contributed by atoms with van der Waals surface area (Å²) in [4.78, 5) is 32.8. The molecule has 0 aliphatic heterocycles. The van der Waals surface area contributed by atoms with Gasteiger partial charge in [0.05, 0.1) is 12.7 Å². The van der Waals surface area contributed by atoms with Gasteiger partial charge in [-0.2, -0.15) is 0 Å². The topological polar surface area (TPSA) is 105 Å². The van der Waals surface area contributed by atoms with Crippen molar-refractivity contribution in [2.24, 2.45) is 0 Å². The third-order valence-electron chi connectivity index (χ3n) is 2.14. The van der Waals surface area contributed by atoms with E-state index in [1.165, 1.54) is 0 Å². The summed E-state index contributed by atoms with van der Waals surface area (Å²) < 4.78 is 5.22. The van der Waals surface area contributed by atoms with Crippen LogP contribution in [0.25, 0.3) is 0 Å². The van der Waals surface area contributed by atoms with Crippen LogP contribution in [0.2, 0.25) is 0 Å². The van der Waals surface area contributed by atoms with Gasteiger partial charge in [-0.25, -0.2) is 4.79 Å². The van der Waals surface area contributed by atoms with Gasteiger partial charge in [0.1, 0.15) is 0 Å². The van der Waals surface area contributed by atoms with E-state index >= 15 is 0 Å². The molecule has 0 rings (SSSR count). The number of nitrogens with one attached hydrogen (secondary N) is 2. The first-order valence-electron chi connectivity index (χ1n) is 6.33. The van der Waals surface area contributed by atoms with Crippen LogP contribution in [-0.4, -0.2) is 42.3 Å². The number of imide groups is 1. The summed E-state index contributed by atoms with van der Waals surface area (Å²) in [6.45, 7) is 4.50. The van der Waals surface area contributed by atoms with Crippen molar-refractivity contribution >= 4 is 17.9 Å². The fourth-order valence-electron chi connectivity index (χ4n) is 1.25. The van der Waals surface area contributed by atoms with E-state index in [1.807, 2.05) is 13.8 Å². The van der Waals surface area contributed by atoms with Gasteiger partial charge >= 0.3 is 12.0 Å². The highest BCUT2D eigenvalue weighted by Gasteiger charge is 2.07. The van der Waals surface area contributed by atoms with Crippen LogP contribution in [0, 0.1) is 0 Å². The zero-order chi connectivity index (χ0) is 14.7. The lowest BCUT2D eigenvalue weighted by molar-refractivity contribution is -0.137. The fourth-order valence-corrected chi connectivity index (χ4v) is 1.25. The van der Waals surface area contributed by atoms with E-state index in [9.17, 15) is 14.4 Å². The summed E-state index contributed by atoms with van der Waals surface area (Å²) in [6.07, 6.45) is 1.14. The second kappa shape index (κ2) is 10.3. The first-order valence-corrected chi connectivity index (χ1v) is 6.33. The average molecular weight is 274 g/mol. The summed E-state index contributed by atoms with van der Waals surface area (Å²) in [5.41, 5.74) is 0. The molecule has 0 unspecified atom stereocenters. The molecule has 7 nitrogen and oxygen atoms in total. The molecule has 0 aliphatic carbocycles. The second-order valence-corrected chi connectivity index (χ2v) is 4.32. The van der Waals surface area contributed by atoms with E-state index in [-0.39, 0.29) is 18.9 Å². The van der Waals surface area contributed by atoms with Gasteiger partial charge in [0.15, 0.2) is 0 Å². The van der Waals surface area contributed by atoms with E-state index in [4.69, 9.17) is 9.84 Å². The molecule has 7 heteroatoms. The molecule has 0 radical (unpaired) electrons. The van der Waals surface area contributed by atoms with Crippen LogP contribution in [0.15, 0.2) is 0 Å². The van der Waals surface area contributed by atoms with Crippen molar-refractivity contribution in [3.63, 3.8) is 0 Å². The molecular formula is C12H22N2O5. The summed E-state index contributed by atoms with van der Waals surface area (Å²) in [5, 5.41) is 13.1. The lowest BCUT2D eigenvalue weighted by Crippen LogP contribution is -2.40. The normalized spacial score (nSPS) is 10.3. The predicted octanol–water partition coefficient (Wildman–Crippen LogP) is 0.882. The number of carboxylic acids is 1. The number of aliphatic carboxylic acids is 1. The standard InChI is InChI=1S/C12H22N2O5/c1-9(2)19-8-7-13-12(18)14-10(15)5-3-4-6-11(16)17/h9H,3-8H2,1-2H3,(H,16,17)(H2,13,14,15,18). The highest BCUT2D eigenvalue weighted by molar-refractivity contribution is 5.94. The molecule has 0 fully saturated rings. The van der Waals surface area contributed by atoms with Gasteiger partial charge in [0.2, 0.25) is 5.91 Å². The Morgan fingerprint density at radius 1 is 1.16 bits per heavy atom. The summed E-state index contributed by atoms with van der Waals surface area (Å²) >= 11 is 0. The largest absolute Gasteiger partial charge is 0.481 e. The molecule has 0 saturated heterocycles. The number of amides is 3. The Labute approximate surface area is 112 Å². The van der Waals surface area contributed by atoms with Gasteiger partial charge in [-0.3, -0.25) is 14.9 Å². The van der Waals surface area contributed by atoms with E-state index in [0.29, 0.717) is 26.0 Å². The number of ether oxygens (including phenoxy) is 1. The molecule has 19 heavy (non-hydrogen) atoms. The van der Waals surface area contributed by atoms with Crippen LogP contribution in [0.1, 0.15) is 39.5 Å². The molecule has 0 spiro atoms. The van der Waals surface area contributed by atoms with E-state index < -0.39 is 17.9 Å². The van der Waals surface area contributed by atoms with Crippen molar-refractivity contribution in [3.8, 4) is 0 Å². The van der Waals surface area contributed by atoms with Crippen molar-refractivity contribution in [2.75, 3.05) is 13.2 Å². The average Bonchev–Trinajstić information content (AvgIpc) is 2.30. The van der Waals surface area contributed by atoms with Gasteiger partial charge in [0, 0.05) is 19.4 Å². The van der Waals surface area contributed by atoms with Crippen molar-refractivity contribution in [3.05, 3.63) is 0 Å². The van der Waals surface area contributed by atoms with Gasteiger partial charge in [-0.15, -0.1) is 0 Å². The number of hydrogen-bond donors (Lipinski definition) is 3. The van der Waals surface area contributed by atoms with Gasteiger partial charge < -0.3 is 15.2 Å². The van der Waals surface area contributed by atoms with Crippen molar-refractivity contribution in [1.29, 1.82) is 0 Å². The molecule has 0 aromatic carbocycles. The highest BCUT2D eigenvalue weighted by Crippen LogP contribution is 1.99. The quantitative estimate of drug-likeness (QED) is 0.541. The number of urea groups is 1. The van der Waals surface area contributed by atoms with Crippen LogP contribution in [-0.2, 0) is 14.3 Å². The van der Waals surface area contributed by atoms with Gasteiger partial charge in [-0.05, 0) is 26.7 Å². The molecule has 0 saturated carbocycles. The Hall–Kier alpha value is -1.63. The number of carbonyl (C=O) groups excluding carboxylic acids is 2. The van der Waals surface area contributed by atoms with Crippen LogP contribution >= 0.6 is 0 Å². The van der Waals surface area contributed by atoms with Crippen molar-refractivity contribution in [1.82, 2.24) is 10.6 Å². The molecule has 0 aromatic rings. The Morgan fingerprint density at radius 2 is 1.79 bits per heavy atom. The number of hydrogen-bond acceptors (Lipinski definition) is 4. The molecule has 0 bridgehead atoms. The highest BCUT2D eigenvalue weighted by atomic mass is 16.5. The molecule has 0 aliphatic rings. The van der Waals surface area contributed by atoms with Crippen molar-refractivity contribution in [2.45, 2.75) is 45.6 Å². The van der Waals surface area contributed by atoms with Crippen LogP contribution < -0.4 is 10.6 Å². The smallest absolute Gasteiger partial charge is 0.321 e. The Balaban J connectivity index is 3.53. The maximum Gasteiger partial charge on any atom is 0.321 e. The summed E-state index contributed by atoms with van der Waals surface area (Å²) in [7, 11) is 0. The predicted molar refractivity (Wildman–Crippen MR) is 68.7 cm³/mol. The van der Waals surface area contributed by atoms with Gasteiger partial charge in [-0.1, -0.05) is 0 Å². The zero-order valence-corrected chi connectivity index (χ0v) is 11.4.